The molecule has 1 rings (SSSR count). The number of amides is 1. The Morgan fingerprint density at radius 3 is 2.22 bits per heavy atom. The second kappa shape index (κ2) is 10.0. The first kappa shape index (κ1) is 22.6. The van der Waals surface area contributed by atoms with Crippen LogP contribution >= 0.6 is 0 Å². The number of aliphatic hydroxyl groups is 1. The summed E-state index contributed by atoms with van der Waals surface area (Å²) in [5, 5.41) is 18.8. The summed E-state index contributed by atoms with van der Waals surface area (Å²) in [5.41, 5.74) is 2.09. The predicted octanol–water partition coefficient (Wildman–Crippen LogP) is 0.717. The first-order valence-electron chi connectivity index (χ1n) is 8.32. The van der Waals surface area contributed by atoms with Crippen LogP contribution in [0.2, 0.25) is 0 Å². The molecule has 2 atom stereocenters. The second-order valence-electron chi connectivity index (χ2n) is 6.75. The molecule has 1 amide bonds. The lowest BCUT2D eigenvalue weighted by atomic mass is 10.1. The third kappa shape index (κ3) is 6.97. The number of anilines is 1. The van der Waals surface area contributed by atoms with Gasteiger partial charge in [0.15, 0.2) is 6.04 Å². The number of rotatable bonds is 9. The highest BCUT2D eigenvalue weighted by Crippen LogP contribution is 2.20. The van der Waals surface area contributed by atoms with Crippen LogP contribution in [0.1, 0.15) is 27.2 Å². The smallest absolute Gasteiger partial charge is 0.331 e. The van der Waals surface area contributed by atoms with Gasteiger partial charge in [-0.2, -0.15) is 5.48 Å². The molecule has 3 N–H and O–H groups in total. The first-order chi connectivity index (χ1) is 12.6. The number of nitrogens with zero attached hydrogens (tertiary/aromatic N) is 1. The van der Waals surface area contributed by atoms with E-state index in [0.717, 1.165) is 12.0 Å². The number of carboxylic acid groups (broad SMARTS) is 1. The number of nitrogens with one attached hydrogen (secondary N) is 1. The molecule has 0 saturated carbocycles. The number of aliphatic carboxylic acids is 1. The van der Waals surface area contributed by atoms with Gasteiger partial charge in [0.2, 0.25) is 5.91 Å². The van der Waals surface area contributed by atoms with E-state index in [2.05, 4.69) is 10.2 Å². The molecule has 0 bridgehead atoms. The van der Waals surface area contributed by atoms with E-state index in [1.54, 1.807) is 51.1 Å². The summed E-state index contributed by atoms with van der Waals surface area (Å²) in [6.07, 6.45) is -0.586. The topological polar surface area (TPSA) is 125 Å². The van der Waals surface area contributed by atoms with Gasteiger partial charge in [-0.1, -0.05) is 18.2 Å². The van der Waals surface area contributed by atoms with E-state index in [1.807, 2.05) is 0 Å². The highest BCUT2D eigenvalue weighted by atomic mass is 16.7. The summed E-state index contributed by atoms with van der Waals surface area (Å²) in [6, 6.07) is 5.50. The third-order valence-corrected chi connectivity index (χ3v) is 3.41. The van der Waals surface area contributed by atoms with Crippen molar-refractivity contribution in [2.45, 2.75) is 44.9 Å². The Morgan fingerprint density at radius 2 is 1.78 bits per heavy atom. The lowest BCUT2D eigenvalue weighted by Crippen LogP contribution is -2.56. The summed E-state index contributed by atoms with van der Waals surface area (Å²) < 4.78 is 4.67. The zero-order valence-corrected chi connectivity index (χ0v) is 15.8. The number of para-hydroxylation sites is 1. The van der Waals surface area contributed by atoms with Gasteiger partial charge in [-0.3, -0.25) is 19.3 Å². The van der Waals surface area contributed by atoms with Crippen molar-refractivity contribution in [3.05, 3.63) is 30.3 Å². The molecule has 1 aromatic rings. The molecule has 1 aromatic carbocycles. The van der Waals surface area contributed by atoms with E-state index >= 15 is 0 Å². The molecule has 0 aromatic heterocycles. The molecule has 0 aliphatic rings. The van der Waals surface area contributed by atoms with Gasteiger partial charge in [-0.25, -0.2) is 4.79 Å². The summed E-state index contributed by atoms with van der Waals surface area (Å²) >= 11 is 0. The van der Waals surface area contributed by atoms with Gasteiger partial charge in [-0.15, -0.1) is 0 Å². The molecule has 0 aliphatic carbocycles. The summed E-state index contributed by atoms with van der Waals surface area (Å²) in [4.78, 5) is 42.8. The molecule has 0 spiro atoms. The van der Waals surface area contributed by atoms with Crippen molar-refractivity contribution >= 4 is 23.5 Å². The second-order valence-corrected chi connectivity index (χ2v) is 6.75. The maximum atomic E-state index is 13.1. The van der Waals surface area contributed by atoms with Crippen molar-refractivity contribution in [1.82, 2.24) is 5.48 Å². The van der Waals surface area contributed by atoms with E-state index in [9.17, 15) is 19.5 Å². The van der Waals surface area contributed by atoms with Gasteiger partial charge in [0.25, 0.3) is 0 Å². The number of aliphatic hydroxyl groups excluding tert-OH is 1. The summed E-state index contributed by atoms with van der Waals surface area (Å²) in [6.45, 7) is 4.47. The number of esters is 1. The van der Waals surface area contributed by atoms with Crippen molar-refractivity contribution in [2.75, 3.05) is 18.6 Å². The number of carboxylic acids is 1. The average Bonchev–Trinajstić information content (AvgIpc) is 2.61. The van der Waals surface area contributed by atoms with Crippen molar-refractivity contribution < 1.29 is 34.2 Å². The van der Waals surface area contributed by atoms with Crippen LogP contribution in [0.3, 0.4) is 0 Å². The van der Waals surface area contributed by atoms with Crippen LogP contribution in [0, 0.1) is 0 Å². The van der Waals surface area contributed by atoms with Crippen molar-refractivity contribution in [3.63, 3.8) is 0 Å². The van der Waals surface area contributed by atoms with Gasteiger partial charge >= 0.3 is 11.9 Å². The van der Waals surface area contributed by atoms with E-state index in [-0.39, 0.29) is 0 Å². The molecular weight excluding hydrogens is 356 g/mol. The molecule has 0 aliphatic heterocycles. The van der Waals surface area contributed by atoms with Crippen LogP contribution in [0.15, 0.2) is 30.3 Å². The lowest BCUT2D eigenvalue weighted by Gasteiger charge is -2.32. The quantitative estimate of drug-likeness (QED) is 0.421. The number of methoxy groups -OCH3 is 1. The van der Waals surface area contributed by atoms with E-state index in [1.165, 1.54) is 0 Å². The Balaban J connectivity index is 3.28. The molecule has 0 heterocycles. The Kier molecular flexibility index (Phi) is 8.35. The van der Waals surface area contributed by atoms with Crippen LogP contribution in [0.5, 0.6) is 0 Å². The number of carbonyl (C=O) groups excluding carboxylic acids is 2. The predicted molar refractivity (Wildman–Crippen MR) is 96.8 cm³/mol. The first-order valence-corrected chi connectivity index (χ1v) is 8.32. The molecule has 150 valence electrons. The Labute approximate surface area is 157 Å². The maximum absolute atomic E-state index is 13.1. The molecule has 9 heteroatoms. The van der Waals surface area contributed by atoms with Gasteiger partial charge in [0.1, 0.15) is 6.04 Å². The van der Waals surface area contributed by atoms with Crippen LogP contribution < -0.4 is 10.4 Å². The van der Waals surface area contributed by atoms with Gasteiger partial charge in [0.05, 0.1) is 25.7 Å². The lowest BCUT2D eigenvalue weighted by molar-refractivity contribution is -0.148. The van der Waals surface area contributed by atoms with E-state index in [0.29, 0.717) is 5.69 Å². The number of hydrogen-bond acceptors (Lipinski definition) is 7. The Morgan fingerprint density at radius 1 is 1.19 bits per heavy atom. The average molecular weight is 382 g/mol. The van der Waals surface area contributed by atoms with Crippen LogP contribution in [-0.2, 0) is 24.0 Å². The Hall–Kier alpha value is -2.49. The highest BCUT2D eigenvalue weighted by Gasteiger charge is 2.36. The number of hydroxylamine groups is 1. The van der Waals surface area contributed by atoms with E-state index in [4.69, 9.17) is 9.94 Å². The summed E-state index contributed by atoms with van der Waals surface area (Å²) in [7, 11) is 1.13. The van der Waals surface area contributed by atoms with Crippen LogP contribution in [0.4, 0.5) is 5.69 Å². The number of carbonyl (C=O) groups is 3. The fourth-order valence-corrected chi connectivity index (χ4v) is 2.22. The molecule has 27 heavy (non-hydrogen) atoms. The van der Waals surface area contributed by atoms with Crippen LogP contribution in [0.25, 0.3) is 0 Å². The van der Waals surface area contributed by atoms with Crippen molar-refractivity contribution in [3.8, 4) is 0 Å². The van der Waals surface area contributed by atoms with Crippen molar-refractivity contribution in [1.29, 1.82) is 0 Å². The number of benzene rings is 1. The molecule has 0 radical (unpaired) electrons. The fraction of sp³-hybridized carbons (Fsp3) is 0.500. The highest BCUT2D eigenvalue weighted by molar-refractivity contribution is 6.03. The SMILES string of the molecule is COC(=O)[C@H](CO)N(C(=O)[C@H](CC(=O)O)NOC(C)(C)C)c1ccccc1. The standard InChI is InChI=1S/C18H26N2O7/c1-18(2,3)27-19-13(10-15(22)23)16(24)20(12-8-6-5-7-9-12)14(11-21)17(25)26-4/h5-9,13-14,19,21H,10-11H2,1-4H3,(H,22,23)/t13-,14-/m0/s1. The minimum atomic E-state index is -1.34. The maximum Gasteiger partial charge on any atom is 0.331 e. The minimum Gasteiger partial charge on any atom is -0.481 e. The van der Waals surface area contributed by atoms with Gasteiger partial charge in [0, 0.05) is 5.69 Å². The van der Waals surface area contributed by atoms with E-state index < -0.39 is 48.6 Å². The Bertz CT molecular complexity index is 643. The van der Waals surface area contributed by atoms with Crippen molar-refractivity contribution in [2.24, 2.45) is 0 Å². The zero-order valence-electron chi connectivity index (χ0n) is 15.8. The molecule has 9 nitrogen and oxygen atoms in total. The summed E-state index contributed by atoms with van der Waals surface area (Å²) in [5.74, 6) is -2.82. The fourth-order valence-electron chi connectivity index (χ4n) is 2.22. The minimum absolute atomic E-state index is 0.305. The number of hydrogen-bond donors (Lipinski definition) is 3. The largest absolute Gasteiger partial charge is 0.481 e. The third-order valence-electron chi connectivity index (χ3n) is 3.41. The molecule has 0 saturated heterocycles. The van der Waals surface area contributed by atoms with Gasteiger partial charge in [-0.05, 0) is 32.9 Å². The van der Waals surface area contributed by atoms with Crippen LogP contribution in [-0.4, -0.2) is 59.5 Å². The normalized spacial score (nSPS) is 13.5. The molecular formula is C18H26N2O7. The monoisotopic (exact) mass is 382 g/mol. The molecule has 0 unspecified atom stereocenters. The molecule has 0 fully saturated rings. The zero-order chi connectivity index (χ0) is 20.6. The number of ether oxygens (including phenoxy) is 1. The van der Waals surface area contributed by atoms with Gasteiger partial charge < -0.3 is 14.9 Å².